The van der Waals surface area contributed by atoms with Gasteiger partial charge < -0.3 is 4.74 Å². The number of aromatic nitrogens is 2. The normalized spacial score (nSPS) is 10.9. The van der Waals surface area contributed by atoms with Crippen molar-refractivity contribution in [2.24, 2.45) is 0 Å². The second-order valence-corrected chi connectivity index (χ2v) is 7.83. The summed E-state index contributed by atoms with van der Waals surface area (Å²) in [6.45, 7) is 0. The molecular formula is C23H17ClN2O3S. The van der Waals surface area contributed by atoms with E-state index in [-0.39, 0.29) is 5.56 Å². The summed E-state index contributed by atoms with van der Waals surface area (Å²) in [4.78, 5) is 30.0. The van der Waals surface area contributed by atoms with Gasteiger partial charge in [-0.05, 0) is 35.9 Å². The van der Waals surface area contributed by atoms with E-state index < -0.39 is 5.97 Å². The van der Waals surface area contributed by atoms with Crippen molar-refractivity contribution in [2.45, 2.75) is 10.9 Å². The number of benzene rings is 3. The van der Waals surface area contributed by atoms with Crippen molar-refractivity contribution in [1.82, 2.24) is 9.55 Å². The van der Waals surface area contributed by atoms with Crippen molar-refractivity contribution < 1.29 is 9.53 Å². The van der Waals surface area contributed by atoms with Gasteiger partial charge in [-0.1, -0.05) is 65.8 Å². The molecule has 0 aliphatic rings. The Labute approximate surface area is 182 Å². The Morgan fingerprint density at radius 3 is 2.53 bits per heavy atom. The van der Waals surface area contributed by atoms with Crippen LogP contribution in [0.5, 0.6) is 0 Å². The first-order valence-corrected chi connectivity index (χ1v) is 10.5. The molecule has 30 heavy (non-hydrogen) atoms. The first-order chi connectivity index (χ1) is 14.6. The molecule has 3 aromatic carbocycles. The maximum Gasteiger partial charge on any atom is 0.337 e. The van der Waals surface area contributed by atoms with Crippen LogP contribution < -0.4 is 5.56 Å². The molecule has 0 saturated heterocycles. The van der Waals surface area contributed by atoms with Crippen LogP contribution in [0.2, 0.25) is 5.02 Å². The van der Waals surface area contributed by atoms with Crippen LogP contribution in [0.15, 0.2) is 82.7 Å². The van der Waals surface area contributed by atoms with Crippen LogP contribution in [-0.2, 0) is 10.5 Å². The van der Waals surface area contributed by atoms with E-state index >= 15 is 0 Å². The number of carbonyl (C=O) groups excluding carboxylic acids is 1. The van der Waals surface area contributed by atoms with Crippen molar-refractivity contribution in [3.8, 4) is 5.69 Å². The number of hydrogen-bond acceptors (Lipinski definition) is 5. The second kappa shape index (κ2) is 8.73. The number of carbonyl (C=O) groups is 1. The third-order valence-corrected chi connectivity index (χ3v) is 5.89. The Morgan fingerprint density at radius 2 is 1.80 bits per heavy atom. The molecule has 0 atom stereocenters. The molecule has 4 rings (SSSR count). The zero-order valence-electron chi connectivity index (χ0n) is 16.0. The van der Waals surface area contributed by atoms with Gasteiger partial charge in [-0.3, -0.25) is 9.36 Å². The van der Waals surface area contributed by atoms with Gasteiger partial charge in [0.15, 0.2) is 5.16 Å². The van der Waals surface area contributed by atoms with Gasteiger partial charge in [-0.15, -0.1) is 0 Å². The van der Waals surface area contributed by atoms with Crippen molar-refractivity contribution in [1.29, 1.82) is 0 Å². The minimum absolute atomic E-state index is 0.250. The van der Waals surface area contributed by atoms with Crippen LogP contribution in [0, 0.1) is 0 Å². The van der Waals surface area contributed by atoms with Gasteiger partial charge in [-0.25, -0.2) is 9.78 Å². The average molecular weight is 437 g/mol. The van der Waals surface area contributed by atoms with E-state index in [1.807, 2.05) is 42.5 Å². The van der Waals surface area contributed by atoms with Crippen LogP contribution >= 0.6 is 23.4 Å². The summed E-state index contributed by atoms with van der Waals surface area (Å²) in [5, 5.41) is 1.34. The number of para-hydroxylation sites is 1. The lowest BCUT2D eigenvalue weighted by molar-refractivity contribution is 0.0601. The van der Waals surface area contributed by atoms with E-state index in [9.17, 15) is 9.59 Å². The predicted molar refractivity (Wildman–Crippen MR) is 120 cm³/mol. The summed E-state index contributed by atoms with van der Waals surface area (Å²) in [6, 6.07) is 21.8. The third kappa shape index (κ3) is 3.97. The van der Waals surface area contributed by atoms with Crippen LogP contribution in [0.3, 0.4) is 0 Å². The molecule has 0 unspecified atom stereocenters. The minimum Gasteiger partial charge on any atom is -0.465 e. The van der Waals surface area contributed by atoms with Crippen LogP contribution in [0.25, 0.3) is 16.6 Å². The molecule has 0 aliphatic carbocycles. The summed E-state index contributed by atoms with van der Waals surface area (Å²) >= 11 is 7.83. The molecule has 7 heteroatoms. The number of nitrogens with zero attached hydrogens (tertiary/aromatic N) is 2. The number of esters is 1. The number of rotatable bonds is 5. The molecule has 0 saturated carbocycles. The minimum atomic E-state index is -0.479. The highest BCUT2D eigenvalue weighted by atomic mass is 35.5. The highest BCUT2D eigenvalue weighted by Crippen LogP contribution is 2.28. The summed E-state index contributed by atoms with van der Waals surface area (Å²) < 4.78 is 6.31. The van der Waals surface area contributed by atoms with Gasteiger partial charge in [0.2, 0.25) is 0 Å². The van der Waals surface area contributed by atoms with Crippen molar-refractivity contribution in [2.75, 3.05) is 7.11 Å². The number of methoxy groups -OCH3 is 1. The van der Waals surface area contributed by atoms with Gasteiger partial charge in [0, 0.05) is 5.75 Å². The smallest absolute Gasteiger partial charge is 0.337 e. The zero-order valence-corrected chi connectivity index (χ0v) is 17.6. The lowest BCUT2D eigenvalue weighted by Gasteiger charge is -2.14. The number of halogens is 1. The Bertz CT molecular complexity index is 1290. The summed E-state index contributed by atoms with van der Waals surface area (Å²) in [6.07, 6.45) is 0. The van der Waals surface area contributed by atoms with Crippen LogP contribution in [0.4, 0.5) is 0 Å². The van der Waals surface area contributed by atoms with Gasteiger partial charge >= 0.3 is 5.97 Å². The lowest BCUT2D eigenvalue weighted by Crippen LogP contribution is -2.22. The molecule has 0 spiro atoms. The maximum atomic E-state index is 13.4. The fourth-order valence-electron chi connectivity index (χ4n) is 3.07. The van der Waals surface area contributed by atoms with Gasteiger partial charge in [0.05, 0.1) is 34.3 Å². The Balaban J connectivity index is 1.90. The molecule has 1 heterocycles. The molecule has 0 amide bonds. The van der Waals surface area contributed by atoms with Crippen LogP contribution in [0.1, 0.15) is 15.9 Å². The Hall–Kier alpha value is -3.09. The molecule has 0 aliphatic heterocycles. The lowest BCUT2D eigenvalue weighted by atomic mass is 10.1. The highest BCUT2D eigenvalue weighted by Gasteiger charge is 2.17. The molecular weight excluding hydrogens is 420 g/mol. The standard InChI is InChI=1S/C23H17ClN2O3S/c1-29-22(28)16-11-12-17-19(13-16)25-23(30-14-15-7-3-2-4-8-15)26(21(17)27)20-10-6-5-9-18(20)24/h2-13H,14H2,1H3. The Morgan fingerprint density at radius 1 is 1.07 bits per heavy atom. The average Bonchev–Trinajstić information content (AvgIpc) is 2.78. The summed E-state index contributed by atoms with van der Waals surface area (Å²) in [5.74, 6) is 0.146. The highest BCUT2D eigenvalue weighted by molar-refractivity contribution is 7.98. The molecule has 5 nitrogen and oxygen atoms in total. The summed E-state index contributed by atoms with van der Waals surface area (Å²) in [7, 11) is 1.32. The van der Waals surface area contributed by atoms with Crippen molar-refractivity contribution in [3.05, 3.63) is 99.3 Å². The van der Waals surface area contributed by atoms with E-state index in [1.54, 1.807) is 30.3 Å². The first-order valence-electron chi connectivity index (χ1n) is 9.15. The van der Waals surface area contributed by atoms with Crippen molar-refractivity contribution in [3.63, 3.8) is 0 Å². The quantitative estimate of drug-likeness (QED) is 0.247. The second-order valence-electron chi connectivity index (χ2n) is 6.48. The molecule has 0 N–H and O–H groups in total. The first kappa shape index (κ1) is 20.2. The molecule has 0 fully saturated rings. The molecule has 0 radical (unpaired) electrons. The number of ether oxygens (including phenoxy) is 1. The van der Waals surface area contributed by atoms with E-state index in [1.165, 1.54) is 23.4 Å². The van der Waals surface area contributed by atoms with E-state index in [0.29, 0.717) is 38.1 Å². The SMILES string of the molecule is COC(=O)c1ccc2c(=O)n(-c3ccccc3Cl)c(SCc3ccccc3)nc2c1. The van der Waals surface area contributed by atoms with Crippen LogP contribution in [-0.4, -0.2) is 22.6 Å². The molecule has 0 bridgehead atoms. The summed E-state index contributed by atoms with van der Waals surface area (Å²) in [5.41, 5.74) is 2.19. The third-order valence-electron chi connectivity index (χ3n) is 4.56. The van der Waals surface area contributed by atoms with Gasteiger partial charge in [-0.2, -0.15) is 0 Å². The fraction of sp³-hybridized carbons (Fsp3) is 0.0870. The topological polar surface area (TPSA) is 61.2 Å². The molecule has 4 aromatic rings. The predicted octanol–water partition coefficient (Wildman–Crippen LogP) is 5.12. The molecule has 1 aromatic heterocycles. The maximum absolute atomic E-state index is 13.4. The monoisotopic (exact) mass is 436 g/mol. The number of fused-ring (bicyclic) bond motifs is 1. The van der Waals surface area contributed by atoms with E-state index in [4.69, 9.17) is 21.3 Å². The van der Waals surface area contributed by atoms with E-state index in [2.05, 4.69) is 0 Å². The van der Waals surface area contributed by atoms with Crippen molar-refractivity contribution >= 4 is 40.2 Å². The largest absolute Gasteiger partial charge is 0.465 e. The number of hydrogen-bond donors (Lipinski definition) is 0. The van der Waals surface area contributed by atoms with Gasteiger partial charge in [0.1, 0.15) is 0 Å². The number of thioether (sulfide) groups is 1. The fourth-order valence-corrected chi connectivity index (χ4v) is 4.26. The zero-order chi connectivity index (χ0) is 21.1. The molecule has 150 valence electrons. The van der Waals surface area contributed by atoms with Gasteiger partial charge in [0.25, 0.3) is 5.56 Å². The Kier molecular flexibility index (Phi) is 5.88. The van der Waals surface area contributed by atoms with E-state index in [0.717, 1.165) is 5.56 Å².